The molecule has 0 bridgehead atoms. The van der Waals surface area contributed by atoms with Crippen molar-refractivity contribution in [2.24, 2.45) is 0 Å². The normalized spacial score (nSPS) is 10.5. The Hall–Kier alpha value is -3.72. The number of para-hydroxylation sites is 1. The summed E-state index contributed by atoms with van der Waals surface area (Å²) in [5.74, 6) is -0.405. The largest absolute Gasteiger partial charge is 0.483 e. The molecule has 0 spiro atoms. The monoisotopic (exact) mass is 454 g/mol. The molecule has 166 valence electrons. The number of hydrogen-bond acceptors (Lipinski definition) is 7. The third kappa shape index (κ3) is 5.12. The molecular formula is C23H22N2O6S. The standard InChI is InChI=1S/C23H22N2O6S/c1-4-30-23(27)21-20(16-9-11-17(12-10-16)25(28)29)15(3)32-22(21)24-19(26)13-31-18-8-6-5-7-14(18)2/h5-12H,4,13H2,1-3H3,(H,24,26). The third-order valence-corrected chi connectivity index (χ3v) is 5.66. The van der Waals surface area contributed by atoms with Crippen molar-refractivity contribution in [2.45, 2.75) is 20.8 Å². The highest BCUT2D eigenvalue weighted by Crippen LogP contribution is 2.40. The van der Waals surface area contributed by atoms with Crippen molar-refractivity contribution < 1.29 is 24.0 Å². The molecule has 1 amide bonds. The summed E-state index contributed by atoms with van der Waals surface area (Å²) in [6.45, 7) is 5.32. The maximum Gasteiger partial charge on any atom is 0.341 e. The minimum Gasteiger partial charge on any atom is -0.483 e. The summed E-state index contributed by atoms with van der Waals surface area (Å²) in [7, 11) is 0. The summed E-state index contributed by atoms with van der Waals surface area (Å²) >= 11 is 1.23. The zero-order chi connectivity index (χ0) is 23.3. The van der Waals surface area contributed by atoms with Crippen LogP contribution < -0.4 is 10.1 Å². The van der Waals surface area contributed by atoms with Gasteiger partial charge in [-0.3, -0.25) is 14.9 Å². The average Bonchev–Trinajstić information content (AvgIpc) is 3.08. The fourth-order valence-electron chi connectivity index (χ4n) is 3.15. The van der Waals surface area contributed by atoms with Gasteiger partial charge in [0, 0.05) is 22.6 Å². The molecule has 1 N–H and O–H groups in total. The number of nitro benzene ring substituents is 1. The van der Waals surface area contributed by atoms with Crippen LogP contribution in [0, 0.1) is 24.0 Å². The summed E-state index contributed by atoms with van der Waals surface area (Å²) in [5, 5.41) is 14.0. The second-order valence-corrected chi connectivity index (χ2v) is 8.09. The number of non-ortho nitro benzene ring substituents is 1. The van der Waals surface area contributed by atoms with Gasteiger partial charge in [0.1, 0.15) is 16.3 Å². The van der Waals surface area contributed by atoms with Crippen LogP contribution in [0.5, 0.6) is 5.75 Å². The van der Waals surface area contributed by atoms with Crippen molar-refractivity contribution in [1.82, 2.24) is 0 Å². The van der Waals surface area contributed by atoms with Crippen LogP contribution in [0.3, 0.4) is 0 Å². The van der Waals surface area contributed by atoms with Crippen molar-refractivity contribution in [3.8, 4) is 16.9 Å². The molecule has 9 heteroatoms. The molecule has 0 aliphatic heterocycles. The van der Waals surface area contributed by atoms with Gasteiger partial charge in [0.05, 0.1) is 11.5 Å². The molecule has 0 aliphatic rings. The lowest BCUT2D eigenvalue weighted by atomic mass is 10.0. The number of anilines is 1. The number of ether oxygens (including phenoxy) is 2. The Balaban J connectivity index is 1.89. The summed E-state index contributed by atoms with van der Waals surface area (Å²) in [5.41, 5.74) is 2.25. The zero-order valence-corrected chi connectivity index (χ0v) is 18.7. The summed E-state index contributed by atoms with van der Waals surface area (Å²) in [6.07, 6.45) is 0. The number of rotatable bonds is 8. The van der Waals surface area contributed by atoms with Gasteiger partial charge in [-0.05, 0) is 50.1 Å². The van der Waals surface area contributed by atoms with E-state index in [1.54, 1.807) is 25.1 Å². The van der Waals surface area contributed by atoms with Crippen LogP contribution in [0.1, 0.15) is 27.7 Å². The first-order chi connectivity index (χ1) is 15.3. The van der Waals surface area contributed by atoms with Gasteiger partial charge in [0.15, 0.2) is 6.61 Å². The molecule has 2 aromatic carbocycles. The molecule has 32 heavy (non-hydrogen) atoms. The van der Waals surface area contributed by atoms with Crippen LogP contribution in [-0.4, -0.2) is 30.0 Å². The van der Waals surface area contributed by atoms with Gasteiger partial charge in [-0.25, -0.2) is 4.79 Å². The van der Waals surface area contributed by atoms with E-state index in [0.29, 0.717) is 21.9 Å². The number of nitrogens with one attached hydrogen (secondary N) is 1. The highest BCUT2D eigenvalue weighted by molar-refractivity contribution is 7.17. The quantitative estimate of drug-likeness (QED) is 0.287. The van der Waals surface area contributed by atoms with Crippen LogP contribution in [-0.2, 0) is 9.53 Å². The molecule has 0 radical (unpaired) electrons. The van der Waals surface area contributed by atoms with Gasteiger partial charge in [-0.2, -0.15) is 0 Å². The Bertz CT molecular complexity index is 1150. The van der Waals surface area contributed by atoms with Crippen molar-refractivity contribution in [3.63, 3.8) is 0 Å². The Morgan fingerprint density at radius 3 is 2.41 bits per heavy atom. The smallest absolute Gasteiger partial charge is 0.341 e. The Kier molecular flexibility index (Phi) is 7.21. The number of benzene rings is 2. The molecular weight excluding hydrogens is 432 g/mol. The molecule has 1 aromatic heterocycles. The molecule has 0 atom stereocenters. The van der Waals surface area contributed by atoms with E-state index < -0.39 is 16.8 Å². The first-order valence-corrected chi connectivity index (χ1v) is 10.7. The number of nitro groups is 1. The lowest BCUT2D eigenvalue weighted by Crippen LogP contribution is -2.21. The van der Waals surface area contributed by atoms with Gasteiger partial charge >= 0.3 is 5.97 Å². The van der Waals surface area contributed by atoms with E-state index in [4.69, 9.17) is 9.47 Å². The van der Waals surface area contributed by atoms with Gasteiger partial charge in [-0.15, -0.1) is 11.3 Å². The van der Waals surface area contributed by atoms with Gasteiger partial charge in [0.25, 0.3) is 11.6 Å². The maximum absolute atomic E-state index is 12.7. The van der Waals surface area contributed by atoms with Gasteiger partial charge < -0.3 is 14.8 Å². The van der Waals surface area contributed by atoms with E-state index in [9.17, 15) is 19.7 Å². The van der Waals surface area contributed by atoms with Crippen molar-refractivity contribution >= 4 is 33.9 Å². The zero-order valence-electron chi connectivity index (χ0n) is 17.8. The topological polar surface area (TPSA) is 108 Å². The highest BCUT2D eigenvalue weighted by atomic mass is 32.1. The summed E-state index contributed by atoms with van der Waals surface area (Å²) < 4.78 is 10.8. The number of amides is 1. The molecule has 0 aliphatic carbocycles. The molecule has 0 saturated heterocycles. The molecule has 3 aromatic rings. The Morgan fingerprint density at radius 1 is 1.09 bits per heavy atom. The first kappa shape index (κ1) is 23.0. The molecule has 0 saturated carbocycles. The molecule has 0 unspecified atom stereocenters. The van der Waals surface area contributed by atoms with Crippen molar-refractivity contribution in [1.29, 1.82) is 0 Å². The SMILES string of the molecule is CCOC(=O)c1c(NC(=O)COc2ccccc2C)sc(C)c1-c1ccc([N+](=O)[O-])cc1. The van der Waals surface area contributed by atoms with E-state index in [1.807, 2.05) is 32.0 Å². The van der Waals surface area contributed by atoms with E-state index in [2.05, 4.69) is 5.32 Å². The maximum atomic E-state index is 12.7. The van der Waals surface area contributed by atoms with Crippen LogP contribution in [0.4, 0.5) is 10.7 Å². The lowest BCUT2D eigenvalue weighted by Gasteiger charge is -2.11. The molecule has 1 heterocycles. The lowest BCUT2D eigenvalue weighted by molar-refractivity contribution is -0.384. The Morgan fingerprint density at radius 2 is 1.78 bits per heavy atom. The fraction of sp³-hybridized carbons (Fsp3) is 0.217. The number of thiophene rings is 1. The van der Waals surface area contributed by atoms with Crippen LogP contribution in [0.2, 0.25) is 0 Å². The van der Waals surface area contributed by atoms with Gasteiger partial charge in [0.2, 0.25) is 0 Å². The van der Waals surface area contributed by atoms with Crippen LogP contribution in [0.25, 0.3) is 11.1 Å². The Labute approximate surface area is 188 Å². The van der Waals surface area contributed by atoms with E-state index in [0.717, 1.165) is 10.4 Å². The summed E-state index contributed by atoms with van der Waals surface area (Å²) in [4.78, 5) is 36.5. The summed E-state index contributed by atoms with van der Waals surface area (Å²) in [6, 6.07) is 13.2. The van der Waals surface area contributed by atoms with Crippen LogP contribution >= 0.6 is 11.3 Å². The number of hydrogen-bond donors (Lipinski definition) is 1. The number of nitrogens with zero attached hydrogens (tertiary/aromatic N) is 1. The number of carbonyl (C=O) groups excluding carboxylic acids is 2. The third-order valence-electron chi connectivity index (χ3n) is 4.64. The predicted octanol–water partition coefficient (Wildman–Crippen LogP) is 5.13. The number of carbonyl (C=O) groups is 2. The number of aryl methyl sites for hydroxylation is 2. The molecule has 0 fully saturated rings. The van der Waals surface area contributed by atoms with Crippen molar-refractivity contribution in [3.05, 3.63) is 74.6 Å². The predicted molar refractivity (Wildman–Crippen MR) is 122 cm³/mol. The van der Waals surface area contributed by atoms with Crippen molar-refractivity contribution in [2.75, 3.05) is 18.5 Å². The molecule has 3 rings (SSSR count). The number of esters is 1. The fourth-order valence-corrected chi connectivity index (χ4v) is 4.23. The highest BCUT2D eigenvalue weighted by Gasteiger charge is 2.26. The second-order valence-electron chi connectivity index (χ2n) is 6.86. The van der Waals surface area contributed by atoms with E-state index in [-0.39, 0.29) is 24.5 Å². The van der Waals surface area contributed by atoms with E-state index >= 15 is 0 Å². The molecule has 8 nitrogen and oxygen atoms in total. The van der Waals surface area contributed by atoms with Crippen LogP contribution in [0.15, 0.2) is 48.5 Å². The average molecular weight is 455 g/mol. The van der Waals surface area contributed by atoms with E-state index in [1.165, 1.54) is 23.5 Å². The minimum atomic E-state index is -0.583. The first-order valence-electron chi connectivity index (χ1n) is 9.85. The van der Waals surface area contributed by atoms with Gasteiger partial charge in [-0.1, -0.05) is 18.2 Å². The second kappa shape index (κ2) is 10.1. The minimum absolute atomic E-state index is 0.0544.